The van der Waals surface area contributed by atoms with Crippen molar-refractivity contribution in [3.8, 4) is 6.07 Å². The van der Waals surface area contributed by atoms with E-state index in [-0.39, 0.29) is 40.9 Å². The lowest BCUT2D eigenvalue weighted by atomic mass is 9.81. The highest BCUT2D eigenvalue weighted by atomic mass is 16.2. The molecule has 2 aliphatic heterocycles. The first-order valence-electron chi connectivity index (χ1n) is 13.5. The standard InChI is InChI=1S/C29H32N4O3/c30-14-20(12-19-8-10-31-26(19)34)32-27(35)25-24-18-6-5-17(11-18)21(24)15-33(25)28(36)23-13-29(23)9-7-16-3-1-2-4-22(16)29/h1-6,17-21,23-25H,7-13,15H2,(H,31,34)(H,32,35). The number of rotatable bonds is 5. The van der Waals surface area contributed by atoms with Gasteiger partial charge in [-0.25, -0.2) is 0 Å². The summed E-state index contributed by atoms with van der Waals surface area (Å²) in [5.41, 5.74) is 2.62. The van der Waals surface area contributed by atoms with Crippen molar-refractivity contribution in [2.75, 3.05) is 13.1 Å². The number of nitriles is 1. The second kappa shape index (κ2) is 7.93. The van der Waals surface area contributed by atoms with Crippen LogP contribution in [0.25, 0.3) is 0 Å². The zero-order chi connectivity index (χ0) is 24.6. The summed E-state index contributed by atoms with van der Waals surface area (Å²) in [6.07, 6.45) is 9.46. The Balaban J connectivity index is 1.13. The summed E-state index contributed by atoms with van der Waals surface area (Å²) in [4.78, 5) is 41.7. The van der Waals surface area contributed by atoms with Crippen molar-refractivity contribution in [3.63, 3.8) is 0 Å². The maximum Gasteiger partial charge on any atom is 0.244 e. The molecule has 3 amide bonds. The van der Waals surface area contributed by atoms with Gasteiger partial charge in [0.05, 0.1) is 6.07 Å². The molecule has 9 unspecified atom stereocenters. The number of amides is 3. The minimum Gasteiger partial charge on any atom is -0.356 e. The Bertz CT molecular complexity index is 1220. The van der Waals surface area contributed by atoms with Crippen LogP contribution in [-0.4, -0.2) is 47.8 Å². The van der Waals surface area contributed by atoms with E-state index in [1.165, 1.54) is 11.1 Å². The van der Waals surface area contributed by atoms with Crippen molar-refractivity contribution in [3.05, 3.63) is 47.5 Å². The maximum atomic E-state index is 14.0. The van der Waals surface area contributed by atoms with Crippen LogP contribution < -0.4 is 10.6 Å². The lowest BCUT2D eigenvalue weighted by Crippen LogP contribution is -2.52. The topological polar surface area (TPSA) is 102 Å². The Morgan fingerprint density at radius 1 is 1.25 bits per heavy atom. The Kier molecular flexibility index (Phi) is 4.86. The summed E-state index contributed by atoms with van der Waals surface area (Å²) in [5.74, 6) is 0.717. The summed E-state index contributed by atoms with van der Waals surface area (Å²) in [5, 5.41) is 15.5. The number of likely N-dealkylation sites (tertiary alicyclic amines) is 1. The Hall–Kier alpha value is -3.14. The third-order valence-corrected chi connectivity index (χ3v) is 10.3. The van der Waals surface area contributed by atoms with E-state index < -0.39 is 12.1 Å². The molecule has 7 nitrogen and oxygen atoms in total. The second-order valence-electron chi connectivity index (χ2n) is 11.9. The van der Waals surface area contributed by atoms with Crippen molar-refractivity contribution in [2.45, 2.75) is 56.0 Å². The molecular formula is C29H32N4O3. The molecule has 1 spiro atoms. The number of aryl methyl sites for hydroxylation is 1. The van der Waals surface area contributed by atoms with Crippen molar-refractivity contribution in [1.82, 2.24) is 15.5 Å². The Morgan fingerprint density at radius 3 is 2.89 bits per heavy atom. The van der Waals surface area contributed by atoms with Gasteiger partial charge in [0.15, 0.2) is 0 Å². The molecular weight excluding hydrogens is 452 g/mol. The third kappa shape index (κ3) is 3.12. The number of allylic oxidation sites excluding steroid dienone is 2. The van der Waals surface area contributed by atoms with Gasteiger partial charge in [0.25, 0.3) is 0 Å². The Morgan fingerprint density at radius 2 is 2.08 bits per heavy atom. The van der Waals surface area contributed by atoms with E-state index >= 15 is 0 Å². The molecule has 36 heavy (non-hydrogen) atoms. The summed E-state index contributed by atoms with van der Waals surface area (Å²) in [7, 11) is 0. The van der Waals surface area contributed by atoms with Crippen LogP contribution in [-0.2, 0) is 26.2 Å². The van der Waals surface area contributed by atoms with Gasteiger partial charge < -0.3 is 15.5 Å². The number of carbonyl (C=O) groups is 3. The van der Waals surface area contributed by atoms with Crippen molar-refractivity contribution < 1.29 is 14.4 Å². The fourth-order valence-corrected chi connectivity index (χ4v) is 8.45. The summed E-state index contributed by atoms with van der Waals surface area (Å²) >= 11 is 0. The summed E-state index contributed by atoms with van der Waals surface area (Å²) in [6, 6.07) is 9.43. The number of hydrogen-bond donors (Lipinski definition) is 2. The average Bonchev–Trinajstić information content (AvgIpc) is 3.44. The van der Waals surface area contributed by atoms with E-state index in [2.05, 4.69) is 53.1 Å². The van der Waals surface area contributed by atoms with Gasteiger partial charge in [-0.1, -0.05) is 36.4 Å². The number of nitrogens with one attached hydrogen (secondary N) is 2. The van der Waals surface area contributed by atoms with Gasteiger partial charge in [-0.15, -0.1) is 0 Å². The largest absolute Gasteiger partial charge is 0.356 e. The zero-order valence-electron chi connectivity index (χ0n) is 20.4. The summed E-state index contributed by atoms with van der Waals surface area (Å²) in [6.45, 7) is 1.25. The molecule has 7 rings (SSSR count). The van der Waals surface area contributed by atoms with Crippen LogP contribution in [0.3, 0.4) is 0 Å². The van der Waals surface area contributed by atoms with Crippen LogP contribution in [0.4, 0.5) is 0 Å². The van der Waals surface area contributed by atoms with E-state index in [0.29, 0.717) is 43.7 Å². The van der Waals surface area contributed by atoms with Crippen LogP contribution in [0.2, 0.25) is 0 Å². The molecule has 4 fully saturated rings. The van der Waals surface area contributed by atoms with Gasteiger partial charge in [0.1, 0.15) is 12.1 Å². The van der Waals surface area contributed by atoms with Crippen molar-refractivity contribution in [2.24, 2.45) is 35.5 Å². The second-order valence-corrected chi connectivity index (χ2v) is 11.9. The number of hydrogen-bond acceptors (Lipinski definition) is 4. The van der Waals surface area contributed by atoms with Crippen LogP contribution in [0, 0.1) is 46.8 Å². The van der Waals surface area contributed by atoms with Gasteiger partial charge in [-0.2, -0.15) is 5.26 Å². The molecule has 6 aliphatic rings. The van der Waals surface area contributed by atoms with E-state index in [1.54, 1.807) is 0 Å². The van der Waals surface area contributed by atoms with Crippen LogP contribution in [0.15, 0.2) is 36.4 Å². The van der Waals surface area contributed by atoms with Gasteiger partial charge in [0.2, 0.25) is 17.7 Å². The van der Waals surface area contributed by atoms with Crippen LogP contribution >= 0.6 is 0 Å². The molecule has 0 aromatic heterocycles. The molecule has 9 atom stereocenters. The van der Waals surface area contributed by atoms with Gasteiger partial charge in [0, 0.05) is 30.3 Å². The molecule has 7 heteroatoms. The Labute approximate surface area is 211 Å². The van der Waals surface area contributed by atoms with Crippen LogP contribution in [0.5, 0.6) is 0 Å². The highest BCUT2D eigenvalue weighted by molar-refractivity contribution is 5.92. The number of carbonyl (C=O) groups excluding carboxylic acids is 3. The molecule has 2 saturated heterocycles. The van der Waals surface area contributed by atoms with Crippen LogP contribution in [0.1, 0.15) is 43.2 Å². The highest BCUT2D eigenvalue weighted by Gasteiger charge is 2.65. The van der Waals surface area contributed by atoms with E-state index in [9.17, 15) is 19.6 Å². The molecule has 1 aromatic carbocycles. The van der Waals surface area contributed by atoms with Crippen molar-refractivity contribution >= 4 is 17.7 Å². The molecule has 2 bridgehead atoms. The SMILES string of the molecule is N#CC(CC1CCNC1=O)NC(=O)C1C2C3C=CC(C3)C2CN1C(=O)C1CC12CCc1ccccc12. The first-order valence-corrected chi connectivity index (χ1v) is 13.5. The fraction of sp³-hybridized carbons (Fsp3) is 0.586. The lowest BCUT2D eigenvalue weighted by Gasteiger charge is -2.30. The predicted octanol–water partition coefficient (Wildman–Crippen LogP) is 2.07. The van der Waals surface area contributed by atoms with Gasteiger partial charge in [-0.05, 0) is 73.3 Å². The van der Waals surface area contributed by atoms with E-state index in [1.807, 2.05) is 4.90 Å². The highest BCUT2D eigenvalue weighted by Crippen LogP contribution is 2.63. The first kappa shape index (κ1) is 22.1. The monoisotopic (exact) mass is 484 g/mol. The average molecular weight is 485 g/mol. The molecule has 2 N–H and O–H groups in total. The smallest absolute Gasteiger partial charge is 0.244 e. The quantitative estimate of drug-likeness (QED) is 0.625. The minimum absolute atomic E-state index is 0.0450. The third-order valence-electron chi connectivity index (χ3n) is 10.3. The predicted molar refractivity (Wildman–Crippen MR) is 131 cm³/mol. The van der Waals surface area contributed by atoms with E-state index in [0.717, 1.165) is 25.7 Å². The molecule has 186 valence electrons. The first-order chi connectivity index (χ1) is 17.5. The molecule has 4 aliphatic carbocycles. The fourth-order valence-electron chi connectivity index (χ4n) is 8.45. The molecule has 0 radical (unpaired) electrons. The number of fused-ring (bicyclic) bond motifs is 7. The minimum atomic E-state index is -0.731. The molecule has 2 heterocycles. The molecule has 1 aromatic rings. The van der Waals surface area contributed by atoms with Gasteiger partial charge >= 0.3 is 0 Å². The lowest BCUT2D eigenvalue weighted by molar-refractivity contribution is -0.141. The number of benzene rings is 1. The maximum absolute atomic E-state index is 14.0. The number of nitrogens with zero attached hydrogens (tertiary/aromatic N) is 2. The van der Waals surface area contributed by atoms with Crippen molar-refractivity contribution in [1.29, 1.82) is 5.26 Å². The van der Waals surface area contributed by atoms with E-state index in [4.69, 9.17) is 0 Å². The van der Waals surface area contributed by atoms with Gasteiger partial charge in [-0.3, -0.25) is 14.4 Å². The summed E-state index contributed by atoms with van der Waals surface area (Å²) < 4.78 is 0. The normalized spacial score (nSPS) is 39.6. The zero-order valence-corrected chi connectivity index (χ0v) is 20.4. The molecule has 2 saturated carbocycles.